The van der Waals surface area contributed by atoms with E-state index in [-0.39, 0.29) is 18.2 Å². The maximum atomic E-state index is 12.2. The van der Waals surface area contributed by atoms with Crippen LogP contribution in [0.2, 0.25) is 0 Å². The number of hydrogen-bond donors (Lipinski definition) is 2. The minimum atomic E-state index is -0.195. The molecule has 0 saturated carbocycles. The lowest BCUT2D eigenvalue weighted by molar-refractivity contribution is -0.00748. The fourth-order valence-electron chi connectivity index (χ4n) is 2.92. The highest BCUT2D eigenvalue weighted by atomic mass is 16.5. The van der Waals surface area contributed by atoms with Gasteiger partial charge in [0.15, 0.2) is 0 Å². The summed E-state index contributed by atoms with van der Waals surface area (Å²) in [4.78, 5) is 12.2. The van der Waals surface area contributed by atoms with Crippen molar-refractivity contribution in [3.05, 3.63) is 35.9 Å². The maximum Gasteiger partial charge on any atom is 0.315 e. The number of aromatic nitrogens is 4. The highest BCUT2D eigenvalue weighted by Crippen LogP contribution is 2.28. The predicted molar refractivity (Wildman–Crippen MR) is 88.2 cm³/mol. The number of carbonyl (C=O) groups excluding carboxylic acids is 1. The van der Waals surface area contributed by atoms with Crippen molar-refractivity contribution in [3.63, 3.8) is 0 Å². The highest BCUT2D eigenvalue weighted by Gasteiger charge is 2.29. The lowest BCUT2D eigenvalue weighted by Gasteiger charge is -2.31. The van der Waals surface area contributed by atoms with E-state index in [1.54, 1.807) is 10.9 Å². The Bertz CT molecular complexity index is 680. The number of amides is 2. The van der Waals surface area contributed by atoms with Crippen molar-refractivity contribution >= 4 is 6.03 Å². The molecule has 1 aliphatic heterocycles. The van der Waals surface area contributed by atoms with E-state index in [1.165, 1.54) is 0 Å². The van der Waals surface area contributed by atoms with Crippen LogP contribution >= 0.6 is 0 Å². The Morgan fingerprint density at radius 2 is 2.33 bits per heavy atom. The fourth-order valence-corrected chi connectivity index (χ4v) is 2.92. The van der Waals surface area contributed by atoms with Crippen LogP contribution in [0.3, 0.4) is 0 Å². The van der Waals surface area contributed by atoms with Crippen LogP contribution in [-0.4, -0.2) is 38.2 Å². The predicted octanol–water partition coefficient (Wildman–Crippen LogP) is 1.36. The van der Waals surface area contributed by atoms with Crippen molar-refractivity contribution in [2.24, 2.45) is 7.05 Å². The van der Waals surface area contributed by atoms with Gasteiger partial charge in [0.25, 0.3) is 0 Å². The van der Waals surface area contributed by atoms with Crippen LogP contribution in [0.25, 0.3) is 0 Å². The fraction of sp³-hybridized carbons (Fsp3) is 0.562. The topological polar surface area (TPSA) is 86.0 Å². The molecule has 0 unspecified atom stereocenters. The van der Waals surface area contributed by atoms with E-state index in [0.717, 1.165) is 30.6 Å². The molecular weight excluding hydrogens is 308 g/mol. The van der Waals surface area contributed by atoms with Gasteiger partial charge in [0.2, 0.25) is 0 Å². The van der Waals surface area contributed by atoms with Crippen LogP contribution in [0.1, 0.15) is 37.1 Å². The molecule has 2 aromatic heterocycles. The minimum Gasteiger partial charge on any atom is -0.371 e. The Morgan fingerprint density at radius 3 is 3.04 bits per heavy atom. The van der Waals surface area contributed by atoms with Gasteiger partial charge < -0.3 is 15.4 Å². The van der Waals surface area contributed by atoms with Crippen molar-refractivity contribution in [1.82, 2.24) is 30.2 Å². The molecule has 1 aliphatic rings. The molecule has 24 heavy (non-hydrogen) atoms. The van der Waals surface area contributed by atoms with E-state index in [0.29, 0.717) is 13.2 Å². The molecule has 2 N–H and O–H groups in total. The molecule has 130 valence electrons. The molecule has 1 saturated heterocycles. The highest BCUT2D eigenvalue weighted by molar-refractivity contribution is 5.74. The average Bonchev–Trinajstić information content (AvgIpc) is 3.22. The van der Waals surface area contributed by atoms with Gasteiger partial charge in [-0.15, -0.1) is 0 Å². The van der Waals surface area contributed by atoms with Crippen molar-refractivity contribution in [2.45, 2.75) is 45.0 Å². The normalized spacial score (nSPS) is 20.8. The van der Waals surface area contributed by atoms with Crippen LogP contribution in [0.15, 0.2) is 24.7 Å². The molecule has 2 aromatic rings. The van der Waals surface area contributed by atoms with Crippen LogP contribution in [0.5, 0.6) is 0 Å². The number of ether oxygens (including phenoxy) is 1. The van der Waals surface area contributed by atoms with Gasteiger partial charge in [-0.2, -0.15) is 10.2 Å². The largest absolute Gasteiger partial charge is 0.371 e. The van der Waals surface area contributed by atoms with E-state index in [4.69, 9.17) is 4.74 Å². The Labute approximate surface area is 141 Å². The van der Waals surface area contributed by atoms with Crippen molar-refractivity contribution in [2.75, 3.05) is 6.61 Å². The summed E-state index contributed by atoms with van der Waals surface area (Å²) in [6.45, 7) is 4.00. The number of nitrogens with zero attached hydrogens (tertiary/aromatic N) is 4. The second-order valence-electron chi connectivity index (χ2n) is 5.94. The second kappa shape index (κ2) is 7.48. The molecule has 0 radical (unpaired) electrons. The number of hydrogen-bond acceptors (Lipinski definition) is 4. The first kappa shape index (κ1) is 16.5. The summed E-state index contributed by atoms with van der Waals surface area (Å²) in [5.74, 6) is 0. The van der Waals surface area contributed by atoms with Gasteiger partial charge in [0.05, 0.1) is 24.5 Å². The van der Waals surface area contributed by atoms with Gasteiger partial charge in [0.1, 0.15) is 6.10 Å². The first-order valence-corrected chi connectivity index (χ1v) is 8.32. The first-order chi connectivity index (χ1) is 11.7. The van der Waals surface area contributed by atoms with Crippen LogP contribution < -0.4 is 10.6 Å². The molecule has 3 heterocycles. The van der Waals surface area contributed by atoms with Gasteiger partial charge in [-0.3, -0.25) is 9.36 Å². The van der Waals surface area contributed by atoms with E-state index < -0.39 is 0 Å². The van der Waals surface area contributed by atoms with Gasteiger partial charge in [-0.1, -0.05) is 0 Å². The summed E-state index contributed by atoms with van der Waals surface area (Å²) >= 11 is 0. The zero-order chi connectivity index (χ0) is 16.9. The van der Waals surface area contributed by atoms with Crippen LogP contribution in [-0.2, 0) is 24.9 Å². The number of rotatable bonds is 5. The van der Waals surface area contributed by atoms with Crippen molar-refractivity contribution in [3.8, 4) is 0 Å². The third-order valence-electron chi connectivity index (χ3n) is 4.30. The Hall–Kier alpha value is -2.35. The molecule has 2 atom stereocenters. The van der Waals surface area contributed by atoms with Gasteiger partial charge in [-0.25, -0.2) is 4.79 Å². The number of aryl methyl sites for hydroxylation is 2. The monoisotopic (exact) mass is 332 g/mol. The SMILES string of the molecule is CCn1cc([C@H]2OCCC[C@@H]2NC(=O)NCc2ccnn2C)cn1. The summed E-state index contributed by atoms with van der Waals surface area (Å²) in [6, 6.07) is 1.63. The maximum absolute atomic E-state index is 12.2. The van der Waals surface area contributed by atoms with Crippen molar-refractivity contribution < 1.29 is 9.53 Å². The van der Waals surface area contributed by atoms with Gasteiger partial charge in [-0.05, 0) is 25.8 Å². The quantitative estimate of drug-likeness (QED) is 0.865. The summed E-state index contributed by atoms with van der Waals surface area (Å²) in [7, 11) is 1.85. The third kappa shape index (κ3) is 3.76. The lowest BCUT2D eigenvalue weighted by atomic mass is 9.98. The Balaban J connectivity index is 1.59. The molecule has 8 nitrogen and oxygen atoms in total. The molecule has 3 rings (SSSR count). The number of carbonyl (C=O) groups is 1. The zero-order valence-corrected chi connectivity index (χ0v) is 14.1. The molecule has 0 spiro atoms. The first-order valence-electron chi connectivity index (χ1n) is 8.32. The standard InChI is InChI=1S/C16H24N6O2/c1-3-22-11-12(9-19-22)15-14(5-4-8-24-15)20-16(23)17-10-13-6-7-18-21(13)2/h6-7,9,11,14-15H,3-5,8,10H2,1-2H3,(H2,17,20,23)/t14-,15+/m0/s1. The minimum absolute atomic E-state index is 0.0557. The Morgan fingerprint density at radius 1 is 1.46 bits per heavy atom. The average molecular weight is 332 g/mol. The zero-order valence-electron chi connectivity index (χ0n) is 14.1. The van der Waals surface area contributed by atoms with E-state index >= 15 is 0 Å². The molecule has 0 aliphatic carbocycles. The summed E-state index contributed by atoms with van der Waals surface area (Å²) < 4.78 is 9.50. The third-order valence-corrected chi connectivity index (χ3v) is 4.30. The molecule has 0 aromatic carbocycles. The number of urea groups is 1. The summed E-state index contributed by atoms with van der Waals surface area (Å²) in [6.07, 6.45) is 7.19. The molecule has 8 heteroatoms. The van der Waals surface area contributed by atoms with Gasteiger partial charge >= 0.3 is 6.03 Å². The van der Waals surface area contributed by atoms with Crippen LogP contribution in [0, 0.1) is 0 Å². The molecule has 1 fully saturated rings. The Kier molecular flexibility index (Phi) is 5.14. The number of nitrogens with one attached hydrogen (secondary N) is 2. The van der Waals surface area contributed by atoms with E-state index in [9.17, 15) is 4.79 Å². The smallest absolute Gasteiger partial charge is 0.315 e. The molecular formula is C16H24N6O2. The van der Waals surface area contributed by atoms with Crippen molar-refractivity contribution in [1.29, 1.82) is 0 Å². The van der Waals surface area contributed by atoms with Crippen LogP contribution in [0.4, 0.5) is 4.79 Å². The van der Waals surface area contributed by atoms with Gasteiger partial charge in [0, 0.05) is 38.2 Å². The molecule has 2 amide bonds. The molecule has 0 bridgehead atoms. The summed E-state index contributed by atoms with van der Waals surface area (Å²) in [5, 5.41) is 14.3. The summed E-state index contributed by atoms with van der Waals surface area (Å²) in [5.41, 5.74) is 1.96. The van der Waals surface area contributed by atoms with E-state index in [2.05, 4.69) is 20.8 Å². The lowest BCUT2D eigenvalue weighted by Crippen LogP contribution is -2.47. The van der Waals surface area contributed by atoms with E-state index in [1.807, 2.05) is 37.1 Å². The second-order valence-corrected chi connectivity index (χ2v) is 5.94.